The van der Waals surface area contributed by atoms with Gasteiger partial charge in [-0.15, -0.1) is 0 Å². The van der Waals surface area contributed by atoms with Gasteiger partial charge in [-0.2, -0.15) is 0 Å². The fraction of sp³-hybridized carbons (Fsp3) is 0.786. The summed E-state index contributed by atoms with van der Waals surface area (Å²) >= 11 is 0. The molecule has 1 atom stereocenters. The molecule has 112 valence electrons. The highest BCUT2D eigenvalue weighted by Crippen LogP contribution is 2.33. The number of nitrogens with zero attached hydrogens (tertiary/aromatic N) is 2. The van der Waals surface area contributed by atoms with Gasteiger partial charge in [-0.1, -0.05) is 0 Å². The van der Waals surface area contributed by atoms with E-state index < -0.39 is 17.4 Å². The smallest absolute Gasteiger partial charge is 0.323 e. The second-order valence-electron chi connectivity index (χ2n) is 6.67. The lowest BCUT2D eigenvalue weighted by atomic mass is 10.0. The number of amides is 2. The maximum Gasteiger partial charge on any atom is 0.323 e. The summed E-state index contributed by atoms with van der Waals surface area (Å²) in [5.74, 6) is -1.63. The normalized spacial score (nSPS) is 23.1. The predicted octanol–water partition coefficient (Wildman–Crippen LogP) is 0.709. The molecule has 0 spiro atoms. The van der Waals surface area contributed by atoms with Gasteiger partial charge in [0.2, 0.25) is 11.8 Å². The van der Waals surface area contributed by atoms with E-state index >= 15 is 0 Å². The molecule has 1 heterocycles. The first-order valence-corrected chi connectivity index (χ1v) is 7.03. The van der Waals surface area contributed by atoms with Crippen LogP contribution in [0.1, 0.15) is 40.0 Å². The minimum Gasteiger partial charge on any atom is -0.480 e. The van der Waals surface area contributed by atoms with Crippen molar-refractivity contribution in [2.45, 2.75) is 51.6 Å². The van der Waals surface area contributed by atoms with Crippen molar-refractivity contribution < 1.29 is 19.5 Å². The molecule has 6 heteroatoms. The molecule has 2 fully saturated rings. The summed E-state index contributed by atoms with van der Waals surface area (Å²) < 4.78 is 0. The third kappa shape index (κ3) is 3.11. The molecule has 1 aliphatic heterocycles. The van der Waals surface area contributed by atoms with Gasteiger partial charge in [0.15, 0.2) is 0 Å². The fourth-order valence-electron chi connectivity index (χ4n) is 2.64. The van der Waals surface area contributed by atoms with Gasteiger partial charge in [-0.25, -0.2) is 0 Å². The van der Waals surface area contributed by atoms with Crippen LogP contribution in [0.3, 0.4) is 0 Å². The molecule has 2 aliphatic rings. The molecule has 0 aromatic rings. The third-order valence-electron chi connectivity index (χ3n) is 3.86. The SMILES string of the molecule is CC(C)(C)N(CC(=O)O)C(=O)C1CC(=O)N(C2CC2)C1. The van der Waals surface area contributed by atoms with Crippen LogP contribution in [-0.2, 0) is 14.4 Å². The van der Waals surface area contributed by atoms with Gasteiger partial charge >= 0.3 is 5.97 Å². The molecule has 0 aromatic heterocycles. The van der Waals surface area contributed by atoms with Crippen molar-refractivity contribution in [1.82, 2.24) is 9.80 Å². The van der Waals surface area contributed by atoms with Crippen LogP contribution in [0, 0.1) is 5.92 Å². The minimum atomic E-state index is -1.03. The Hall–Kier alpha value is -1.59. The molecule has 20 heavy (non-hydrogen) atoms. The van der Waals surface area contributed by atoms with E-state index in [2.05, 4.69) is 0 Å². The fourth-order valence-corrected chi connectivity index (χ4v) is 2.64. The zero-order chi connectivity index (χ0) is 15.1. The zero-order valence-electron chi connectivity index (χ0n) is 12.3. The first kappa shape index (κ1) is 14.8. The van der Waals surface area contributed by atoms with Crippen LogP contribution < -0.4 is 0 Å². The number of carboxylic acid groups (broad SMARTS) is 1. The van der Waals surface area contributed by atoms with Crippen molar-refractivity contribution in [2.75, 3.05) is 13.1 Å². The molecule has 1 saturated heterocycles. The van der Waals surface area contributed by atoms with Gasteiger partial charge < -0.3 is 14.9 Å². The quantitative estimate of drug-likeness (QED) is 0.823. The van der Waals surface area contributed by atoms with E-state index in [1.165, 1.54) is 4.90 Å². The average molecular weight is 282 g/mol. The second-order valence-corrected chi connectivity index (χ2v) is 6.67. The van der Waals surface area contributed by atoms with E-state index in [4.69, 9.17) is 5.11 Å². The number of hydrogen-bond donors (Lipinski definition) is 1. The number of carboxylic acids is 1. The van der Waals surface area contributed by atoms with E-state index in [-0.39, 0.29) is 24.8 Å². The molecular formula is C14H22N2O4. The first-order valence-electron chi connectivity index (χ1n) is 7.03. The Labute approximate surface area is 118 Å². The van der Waals surface area contributed by atoms with Crippen molar-refractivity contribution >= 4 is 17.8 Å². The highest BCUT2D eigenvalue weighted by atomic mass is 16.4. The van der Waals surface area contributed by atoms with E-state index in [1.807, 2.05) is 20.8 Å². The van der Waals surface area contributed by atoms with E-state index in [0.717, 1.165) is 12.8 Å². The summed E-state index contributed by atoms with van der Waals surface area (Å²) in [4.78, 5) is 38.5. The van der Waals surface area contributed by atoms with Gasteiger partial charge in [0.25, 0.3) is 0 Å². The molecular weight excluding hydrogens is 260 g/mol. The van der Waals surface area contributed by atoms with Gasteiger partial charge in [-0.05, 0) is 33.6 Å². The van der Waals surface area contributed by atoms with E-state index in [9.17, 15) is 14.4 Å². The minimum absolute atomic E-state index is 0.0232. The highest BCUT2D eigenvalue weighted by molar-refractivity contribution is 5.91. The molecule has 0 radical (unpaired) electrons. The van der Waals surface area contributed by atoms with Crippen LogP contribution in [0.15, 0.2) is 0 Å². The second kappa shape index (κ2) is 5.07. The van der Waals surface area contributed by atoms with Crippen molar-refractivity contribution in [1.29, 1.82) is 0 Å². The van der Waals surface area contributed by atoms with Crippen LogP contribution >= 0.6 is 0 Å². The van der Waals surface area contributed by atoms with Crippen molar-refractivity contribution in [3.05, 3.63) is 0 Å². The van der Waals surface area contributed by atoms with Crippen molar-refractivity contribution in [3.63, 3.8) is 0 Å². The van der Waals surface area contributed by atoms with Crippen molar-refractivity contribution in [3.8, 4) is 0 Å². The van der Waals surface area contributed by atoms with Gasteiger partial charge in [-0.3, -0.25) is 14.4 Å². The van der Waals surface area contributed by atoms with Crippen LogP contribution in [0.2, 0.25) is 0 Å². The molecule has 6 nitrogen and oxygen atoms in total. The van der Waals surface area contributed by atoms with Gasteiger partial charge in [0, 0.05) is 24.5 Å². The number of carbonyl (C=O) groups is 3. The van der Waals surface area contributed by atoms with Gasteiger partial charge in [0.05, 0.1) is 5.92 Å². The molecule has 0 bridgehead atoms. The Morgan fingerprint density at radius 2 is 1.95 bits per heavy atom. The first-order chi connectivity index (χ1) is 9.20. The molecule has 2 amide bonds. The number of likely N-dealkylation sites (tertiary alicyclic amines) is 1. The predicted molar refractivity (Wildman–Crippen MR) is 71.9 cm³/mol. The Morgan fingerprint density at radius 1 is 1.35 bits per heavy atom. The topological polar surface area (TPSA) is 77.9 Å². The van der Waals surface area contributed by atoms with Crippen LogP contribution in [0.25, 0.3) is 0 Å². The molecule has 1 saturated carbocycles. The van der Waals surface area contributed by atoms with Crippen molar-refractivity contribution in [2.24, 2.45) is 5.92 Å². The third-order valence-corrected chi connectivity index (χ3v) is 3.86. The number of carbonyl (C=O) groups excluding carboxylic acids is 2. The maximum atomic E-state index is 12.5. The molecule has 2 rings (SSSR count). The summed E-state index contributed by atoms with van der Waals surface area (Å²) in [6.45, 7) is 5.54. The lowest BCUT2D eigenvalue weighted by Crippen LogP contribution is -2.51. The van der Waals surface area contributed by atoms with E-state index in [0.29, 0.717) is 12.6 Å². The number of hydrogen-bond acceptors (Lipinski definition) is 3. The highest BCUT2D eigenvalue weighted by Gasteiger charge is 2.44. The van der Waals surface area contributed by atoms with Crippen LogP contribution in [0.5, 0.6) is 0 Å². The largest absolute Gasteiger partial charge is 0.480 e. The molecule has 1 aliphatic carbocycles. The molecule has 1 N–H and O–H groups in total. The Morgan fingerprint density at radius 3 is 2.40 bits per heavy atom. The Bertz CT molecular complexity index is 437. The molecule has 0 aromatic carbocycles. The summed E-state index contributed by atoms with van der Waals surface area (Å²) in [6.07, 6.45) is 2.25. The van der Waals surface area contributed by atoms with Crippen LogP contribution in [0.4, 0.5) is 0 Å². The summed E-state index contributed by atoms with van der Waals surface area (Å²) in [6, 6.07) is 0.308. The van der Waals surface area contributed by atoms with Crippen LogP contribution in [-0.4, -0.2) is 57.4 Å². The average Bonchev–Trinajstić information content (AvgIpc) is 3.07. The molecule has 1 unspecified atom stereocenters. The summed E-state index contributed by atoms with van der Waals surface area (Å²) in [7, 11) is 0. The van der Waals surface area contributed by atoms with E-state index in [1.54, 1.807) is 4.90 Å². The van der Waals surface area contributed by atoms with Gasteiger partial charge in [0.1, 0.15) is 6.54 Å². The monoisotopic (exact) mass is 282 g/mol. The lowest BCUT2D eigenvalue weighted by molar-refractivity contribution is -0.150. The Balaban J connectivity index is 2.08. The number of aliphatic carboxylic acids is 1. The maximum absolute atomic E-state index is 12.5. The summed E-state index contributed by atoms with van der Waals surface area (Å²) in [5, 5.41) is 8.97. The Kier molecular flexibility index (Phi) is 3.75. The standard InChI is InChI=1S/C14H22N2O4/c1-14(2,3)16(8-12(18)19)13(20)9-6-11(17)15(7-9)10-4-5-10/h9-10H,4-8H2,1-3H3,(H,18,19). The zero-order valence-corrected chi connectivity index (χ0v) is 12.3. The number of rotatable bonds is 4. The summed E-state index contributed by atoms with van der Waals surface area (Å²) in [5.41, 5.74) is -0.564. The lowest BCUT2D eigenvalue weighted by Gasteiger charge is -2.36.